The van der Waals surface area contributed by atoms with Crippen molar-refractivity contribution in [1.29, 1.82) is 0 Å². The lowest BCUT2D eigenvalue weighted by atomic mass is 10.2. The van der Waals surface area contributed by atoms with Gasteiger partial charge in [0.15, 0.2) is 0 Å². The van der Waals surface area contributed by atoms with E-state index in [0.717, 1.165) is 27.6 Å². The Kier molecular flexibility index (Phi) is 5.23. The number of aromatic nitrogens is 2. The minimum Gasteiger partial charge on any atom is -0.497 e. The van der Waals surface area contributed by atoms with Crippen LogP contribution in [0.5, 0.6) is 5.75 Å². The first-order valence-electron chi connectivity index (χ1n) is 9.02. The number of aromatic amines is 1. The molecule has 28 heavy (non-hydrogen) atoms. The normalized spacial score (nSPS) is 11.2. The Morgan fingerprint density at radius 3 is 2.54 bits per heavy atom. The summed E-state index contributed by atoms with van der Waals surface area (Å²) in [5.41, 5.74) is 2.19. The molecule has 0 atom stereocenters. The number of hydrogen-bond donors (Lipinski definition) is 1. The Morgan fingerprint density at radius 1 is 1.07 bits per heavy atom. The van der Waals surface area contributed by atoms with Crippen molar-refractivity contribution in [1.82, 2.24) is 14.9 Å². The third-order valence-electron chi connectivity index (χ3n) is 4.54. The first-order chi connectivity index (χ1) is 13.6. The Hall–Kier alpha value is -2.96. The standard InChI is InChI=1S/C22H21N3O2S/c1-25(13-15-8-10-17(27-2)11-9-15)14-20-23-21(26)18-12-19(28-22(18)24-20)16-6-4-3-5-7-16/h3-12H,13-14H2,1-2H3,(H,23,24,26). The Balaban J connectivity index is 1.54. The zero-order chi connectivity index (χ0) is 19.5. The van der Waals surface area contributed by atoms with Crippen molar-refractivity contribution in [3.63, 3.8) is 0 Å². The number of hydrogen-bond acceptors (Lipinski definition) is 5. The summed E-state index contributed by atoms with van der Waals surface area (Å²) in [4.78, 5) is 24.1. The van der Waals surface area contributed by atoms with Crippen LogP contribution in [0.4, 0.5) is 0 Å². The van der Waals surface area contributed by atoms with Crippen LogP contribution < -0.4 is 10.3 Å². The molecule has 5 nitrogen and oxygen atoms in total. The predicted octanol–water partition coefficient (Wildman–Crippen LogP) is 4.29. The van der Waals surface area contributed by atoms with E-state index in [9.17, 15) is 4.79 Å². The largest absolute Gasteiger partial charge is 0.497 e. The summed E-state index contributed by atoms with van der Waals surface area (Å²) in [6.45, 7) is 1.32. The first kappa shape index (κ1) is 18.4. The van der Waals surface area contributed by atoms with Crippen LogP contribution in [0.1, 0.15) is 11.4 Å². The molecule has 142 valence electrons. The van der Waals surface area contributed by atoms with E-state index in [1.54, 1.807) is 18.4 Å². The molecule has 0 unspecified atom stereocenters. The summed E-state index contributed by atoms with van der Waals surface area (Å²) in [5, 5.41) is 0.644. The molecular weight excluding hydrogens is 370 g/mol. The van der Waals surface area contributed by atoms with Gasteiger partial charge in [-0.3, -0.25) is 9.69 Å². The van der Waals surface area contributed by atoms with Gasteiger partial charge in [0.25, 0.3) is 5.56 Å². The van der Waals surface area contributed by atoms with E-state index in [0.29, 0.717) is 17.8 Å². The lowest BCUT2D eigenvalue weighted by Crippen LogP contribution is -2.21. The summed E-state index contributed by atoms with van der Waals surface area (Å²) in [7, 11) is 3.67. The molecule has 0 aliphatic heterocycles. The number of nitrogens with one attached hydrogen (secondary N) is 1. The zero-order valence-corrected chi connectivity index (χ0v) is 16.6. The zero-order valence-electron chi connectivity index (χ0n) is 15.8. The van der Waals surface area contributed by atoms with Crippen molar-refractivity contribution < 1.29 is 4.74 Å². The second-order valence-corrected chi connectivity index (χ2v) is 7.76. The number of H-pyrrole nitrogens is 1. The fourth-order valence-corrected chi connectivity index (χ4v) is 4.21. The van der Waals surface area contributed by atoms with Gasteiger partial charge < -0.3 is 9.72 Å². The number of benzene rings is 2. The third kappa shape index (κ3) is 3.98. The third-order valence-corrected chi connectivity index (χ3v) is 5.62. The predicted molar refractivity (Wildman–Crippen MR) is 114 cm³/mol. The van der Waals surface area contributed by atoms with Crippen LogP contribution in [-0.4, -0.2) is 29.0 Å². The lowest BCUT2D eigenvalue weighted by molar-refractivity contribution is 0.310. The van der Waals surface area contributed by atoms with Crippen LogP contribution in [0.25, 0.3) is 20.7 Å². The van der Waals surface area contributed by atoms with E-state index in [-0.39, 0.29) is 5.56 Å². The minimum absolute atomic E-state index is 0.0868. The highest BCUT2D eigenvalue weighted by Gasteiger charge is 2.11. The fraction of sp³-hybridized carbons (Fsp3) is 0.182. The number of nitrogens with zero attached hydrogens (tertiary/aromatic N) is 2. The van der Waals surface area contributed by atoms with Crippen LogP contribution in [-0.2, 0) is 13.1 Å². The molecule has 0 saturated heterocycles. The average molecular weight is 391 g/mol. The number of rotatable bonds is 6. The maximum absolute atomic E-state index is 12.5. The van der Waals surface area contributed by atoms with Crippen molar-refractivity contribution >= 4 is 21.6 Å². The quantitative estimate of drug-likeness (QED) is 0.533. The summed E-state index contributed by atoms with van der Waals surface area (Å²) in [6.07, 6.45) is 0. The second kappa shape index (κ2) is 7.96. The van der Waals surface area contributed by atoms with Gasteiger partial charge in [0, 0.05) is 11.4 Å². The maximum atomic E-state index is 12.5. The van der Waals surface area contributed by atoms with Crippen molar-refractivity contribution in [3.8, 4) is 16.2 Å². The second-order valence-electron chi connectivity index (χ2n) is 6.73. The molecule has 0 spiro atoms. The van der Waals surface area contributed by atoms with E-state index in [1.165, 1.54) is 5.56 Å². The van der Waals surface area contributed by atoms with E-state index in [2.05, 4.69) is 9.88 Å². The molecule has 0 amide bonds. The first-order valence-corrected chi connectivity index (χ1v) is 9.83. The Morgan fingerprint density at radius 2 is 1.82 bits per heavy atom. The summed E-state index contributed by atoms with van der Waals surface area (Å²) in [5.74, 6) is 1.52. The molecule has 4 rings (SSSR count). The van der Waals surface area contributed by atoms with E-state index in [1.807, 2.05) is 67.7 Å². The minimum atomic E-state index is -0.0868. The number of ether oxygens (including phenoxy) is 1. The van der Waals surface area contributed by atoms with E-state index >= 15 is 0 Å². The van der Waals surface area contributed by atoms with Crippen LogP contribution in [0.15, 0.2) is 65.5 Å². The molecular formula is C22H21N3O2S. The summed E-state index contributed by atoms with van der Waals surface area (Å²) in [6, 6.07) is 20.0. The average Bonchev–Trinajstić information content (AvgIpc) is 3.14. The number of methoxy groups -OCH3 is 1. The van der Waals surface area contributed by atoms with Crippen molar-refractivity contribution in [2.75, 3.05) is 14.2 Å². The Labute approximate surface area is 167 Å². The van der Waals surface area contributed by atoms with Crippen molar-refractivity contribution in [2.24, 2.45) is 0 Å². The molecule has 0 radical (unpaired) electrons. The van der Waals surface area contributed by atoms with Gasteiger partial charge in [-0.15, -0.1) is 11.3 Å². The molecule has 0 aliphatic carbocycles. The number of fused-ring (bicyclic) bond motifs is 1. The Bertz CT molecular complexity index is 1130. The highest BCUT2D eigenvalue weighted by Crippen LogP contribution is 2.30. The topological polar surface area (TPSA) is 58.2 Å². The van der Waals surface area contributed by atoms with Crippen LogP contribution in [0.2, 0.25) is 0 Å². The number of thiophene rings is 1. The highest BCUT2D eigenvalue weighted by molar-refractivity contribution is 7.21. The smallest absolute Gasteiger partial charge is 0.259 e. The van der Waals surface area contributed by atoms with Crippen molar-refractivity contribution in [3.05, 3.63) is 82.4 Å². The maximum Gasteiger partial charge on any atom is 0.259 e. The molecule has 6 heteroatoms. The van der Waals surface area contributed by atoms with Gasteiger partial charge in [0.1, 0.15) is 16.4 Å². The van der Waals surface area contributed by atoms with Gasteiger partial charge in [-0.2, -0.15) is 0 Å². The van der Waals surface area contributed by atoms with Crippen LogP contribution >= 0.6 is 11.3 Å². The van der Waals surface area contributed by atoms with E-state index in [4.69, 9.17) is 9.72 Å². The summed E-state index contributed by atoms with van der Waals surface area (Å²) >= 11 is 1.55. The molecule has 0 bridgehead atoms. The van der Waals surface area contributed by atoms with Gasteiger partial charge in [0.2, 0.25) is 0 Å². The monoisotopic (exact) mass is 391 g/mol. The SMILES string of the molecule is COc1ccc(CN(C)Cc2nc3sc(-c4ccccc4)cc3c(=O)[nH]2)cc1. The van der Waals surface area contributed by atoms with E-state index < -0.39 is 0 Å². The van der Waals surface area contributed by atoms with Gasteiger partial charge in [-0.05, 0) is 36.4 Å². The molecule has 0 saturated carbocycles. The molecule has 2 heterocycles. The lowest BCUT2D eigenvalue weighted by Gasteiger charge is -2.16. The fourth-order valence-electron chi connectivity index (χ4n) is 3.15. The van der Waals surface area contributed by atoms with Gasteiger partial charge >= 0.3 is 0 Å². The molecule has 4 aromatic rings. The van der Waals surface area contributed by atoms with Gasteiger partial charge in [-0.25, -0.2) is 4.98 Å². The van der Waals surface area contributed by atoms with Gasteiger partial charge in [-0.1, -0.05) is 42.5 Å². The summed E-state index contributed by atoms with van der Waals surface area (Å²) < 4.78 is 5.20. The van der Waals surface area contributed by atoms with Crippen LogP contribution in [0.3, 0.4) is 0 Å². The molecule has 0 fully saturated rings. The molecule has 1 N–H and O–H groups in total. The molecule has 0 aliphatic rings. The highest BCUT2D eigenvalue weighted by atomic mass is 32.1. The van der Waals surface area contributed by atoms with Gasteiger partial charge in [0.05, 0.1) is 19.0 Å². The van der Waals surface area contributed by atoms with Crippen LogP contribution in [0, 0.1) is 0 Å². The molecule has 2 aromatic carbocycles. The van der Waals surface area contributed by atoms with Crippen molar-refractivity contribution in [2.45, 2.75) is 13.1 Å². The molecule has 2 aromatic heterocycles.